The van der Waals surface area contributed by atoms with Crippen molar-refractivity contribution in [1.82, 2.24) is 0 Å². The SMILES string of the molecule is COc1ccc([C@@H](O)CC=C(C)C)cc1. The second-order valence-corrected chi connectivity index (χ2v) is 3.81. The van der Waals surface area contributed by atoms with Crippen molar-refractivity contribution in [2.24, 2.45) is 0 Å². The number of ether oxygens (including phenoxy) is 1. The first-order chi connectivity index (χ1) is 7.13. The van der Waals surface area contributed by atoms with E-state index in [1.54, 1.807) is 7.11 Å². The molecule has 0 saturated heterocycles. The minimum atomic E-state index is -0.425. The Morgan fingerprint density at radius 3 is 2.40 bits per heavy atom. The van der Waals surface area contributed by atoms with E-state index in [2.05, 4.69) is 0 Å². The molecule has 0 aliphatic carbocycles. The van der Waals surface area contributed by atoms with E-state index in [9.17, 15) is 5.11 Å². The number of allylic oxidation sites excluding steroid dienone is 1. The van der Waals surface area contributed by atoms with Crippen LogP contribution in [0.15, 0.2) is 35.9 Å². The largest absolute Gasteiger partial charge is 0.497 e. The third kappa shape index (κ3) is 3.76. The molecule has 0 spiro atoms. The second kappa shape index (κ2) is 5.56. The van der Waals surface area contributed by atoms with Crippen LogP contribution in [0.3, 0.4) is 0 Å². The molecule has 15 heavy (non-hydrogen) atoms. The number of rotatable bonds is 4. The first-order valence-electron chi connectivity index (χ1n) is 5.09. The van der Waals surface area contributed by atoms with Gasteiger partial charge in [-0.15, -0.1) is 0 Å². The highest BCUT2D eigenvalue weighted by molar-refractivity contribution is 5.28. The molecule has 0 aliphatic heterocycles. The average molecular weight is 206 g/mol. The van der Waals surface area contributed by atoms with Gasteiger partial charge in [0.1, 0.15) is 5.75 Å². The van der Waals surface area contributed by atoms with Crippen LogP contribution in [0.25, 0.3) is 0 Å². The summed E-state index contributed by atoms with van der Waals surface area (Å²) >= 11 is 0. The van der Waals surface area contributed by atoms with Gasteiger partial charge in [-0.25, -0.2) is 0 Å². The molecular weight excluding hydrogens is 188 g/mol. The van der Waals surface area contributed by atoms with Crippen LogP contribution in [-0.2, 0) is 0 Å². The Labute approximate surface area is 91.2 Å². The molecule has 0 fully saturated rings. The van der Waals surface area contributed by atoms with Gasteiger partial charge in [0.2, 0.25) is 0 Å². The molecule has 0 heterocycles. The van der Waals surface area contributed by atoms with E-state index < -0.39 is 6.10 Å². The zero-order valence-corrected chi connectivity index (χ0v) is 9.53. The minimum Gasteiger partial charge on any atom is -0.497 e. The molecular formula is C13H18O2. The van der Waals surface area contributed by atoms with E-state index in [4.69, 9.17) is 4.74 Å². The van der Waals surface area contributed by atoms with Crippen LogP contribution in [0.4, 0.5) is 0 Å². The molecule has 0 aromatic heterocycles. The van der Waals surface area contributed by atoms with Gasteiger partial charge < -0.3 is 9.84 Å². The molecule has 1 atom stereocenters. The van der Waals surface area contributed by atoms with Crippen molar-refractivity contribution in [3.05, 3.63) is 41.5 Å². The fourth-order valence-electron chi connectivity index (χ4n) is 1.31. The predicted molar refractivity (Wildman–Crippen MR) is 62.0 cm³/mol. The number of aliphatic hydroxyl groups is 1. The molecule has 0 aliphatic rings. The van der Waals surface area contributed by atoms with E-state index in [-0.39, 0.29) is 0 Å². The van der Waals surface area contributed by atoms with Crippen LogP contribution in [0.1, 0.15) is 31.9 Å². The van der Waals surface area contributed by atoms with E-state index in [0.29, 0.717) is 6.42 Å². The average Bonchev–Trinajstić information content (AvgIpc) is 2.26. The molecule has 2 heteroatoms. The minimum absolute atomic E-state index is 0.425. The maximum atomic E-state index is 9.85. The molecule has 1 N–H and O–H groups in total. The van der Waals surface area contributed by atoms with E-state index in [1.165, 1.54) is 5.57 Å². The van der Waals surface area contributed by atoms with E-state index in [0.717, 1.165) is 11.3 Å². The summed E-state index contributed by atoms with van der Waals surface area (Å²) < 4.78 is 5.05. The summed E-state index contributed by atoms with van der Waals surface area (Å²) in [5.41, 5.74) is 2.15. The first-order valence-corrected chi connectivity index (χ1v) is 5.09. The predicted octanol–water partition coefficient (Wildman–Crippen LogP) is 3.08. The normalized spacial score (nSPS) is 12.0. The number of hydrogen-bond acceptors (Lipinski definition) is 2. The Bertz CT molecular complexity index is 321. The lowest BCUT2D eigenvalue weighted by Crippen LogP contribution is -1.95. The van der Waals surface area contributed by atoms with E-state index >= 15 is 0 Å². The molecule has 0 amide bonds. The van der Waals surface area contributed by atoms with Crippen LogP contribution in [0.2, 0.25) is 0 Å². The number of methoxy groups -OCH3 is 1. The maximum absolute atomic E-state index is 9.85. The standard InChI is InChI=1S/C13H18O2/c1-10(2)4-9-13(14)11-5-7-12(15-3)8-6-11/h4-8,13-14H,9H2,1-3H3/t13-/m0/s1. The van der Waals surface area contributed by atoms with Crippen molar-refractivity contribution >= 4 is 0 Å². The Morgan fingerprint density at radius 1 is 1.33 bits per heavy atom. The fourth-order valence-corrected chi connectivity index (χ4v) is 1.31. The smallest absolute Gasteiger partial charge is 0.118 e. The zero-order chi connectivity index (χ0) is 11.3. The lowest BCUT2D eigenvalue weighted by molar-refractivity contribution is 0.181. The lowest BCUT2D eigenvalue weighted by Gasteiger charge is -2.09. The molecule has 0 bridgehead atoms. The quantitative estimate of drug-likeness (QED) is 0.767. The molecule has 0 unspecified atom stereocenters. The highest BCUT2D eigenvalue weighted by Crippen LogP contribution is 2.20. The van der Waals surface area contributed by atoms with Crippen LogP contribution < -0.4 is 4.74 Å². The third-order valence-electron chi connectivity index (χ3n) is 2.25. The summed E-state index contributed by atoms with van der Waals surface area (Å²) in [6, 6.07) is 7.51. The highest BCUT2D eigenvalue weighted by Gasteiger charge is 2.05. The fraction of sp³-hybridized carbons (Fsp3) is 0.385. The highest BCUT2D eigenvalue weighted by atomic mass is 16.5. The Balaban J connectivity index is 2.65. The second-order valence-electron chi connectivity index (χ2n) is 3.81. The van der Waals surface area contributed by atoms with Crippen molar-refractivity contribution in [2.45, 2.75) is 26.4 Å². The van der Waals surface area contributed by atoms with Crippen LogP contribution >= 0.6 is 0 Å². The van der Waals surface area contributed by atoms with Gasteiger partial charge in [-0.05, 0) is 38.0 Å². The molecule has 1 aromatic carbocycles. The summed E-state index contributed by atoms with van der Waals surface area (Å²) in [4.78, 5) is 0. The number of benzene rings is 1. The molecule has 0 radical (unpaired) electrons. The Morgan fingerprint density at radius 2 is 1.93 bits per heavy atom. The summed E-state index contributed by atoms with van der Waals surface area (Å²) in [6.45, 7) is 4.06. The lowest BCUT2D eigenvalue weighted by atomic mass is 10.1. The summed E-state index contributed by atoms with van der Waals surface area (Å²) in [5, 5.41) is 9.85. The maximum Gasteiger partial charge on any atom is 0.118 e. The molecule has 82 valence electrons. The number of hydrogen-bond donors (Lipinski definition) is 1. The van der Waals surface area contributed by atoms with Crippen LogP contribution in [-0.4, -0.2) is 12.2 Å². The van der Waals surface area contributed by atoms with Crippen LogP contribution in [0.5, 0.6) is 5.75 Å². The van der Waals surface area contributed by atoms with Crippen molar-refractivity contribution in [3.8, 4) is 5.75 Å². The first kappa shape index (κ1) is 11.8. The summed E-state index contributed by atoms with van der Waals surface area (Å²) in [7, 11) is 1.63. The Hall–Kier alpha value is -1.28. The van der Waals surface area contributed by atoms with Gasteiger partial charge in [0.05, 0.1) is 13.2 Å². The van der Waals surface area contributed by atoms with Crippen LogP contribution in [0, 0.1) is 0 Å². The van der Waals surface area contributed by atoms with E-state index in [1.807, 2.05) is 44.2 Å². The third-order valence-corrected chi connectivity index (χ3v) is 2.25. The molecule has 1 aromatic rings. The Kier molecular flexibility index (Phi) is 4.37. The summed E-state index contributed by atoms with van der Waals surface area (Å²) in [6.07, 6.45) is 2.27. The van der Waals surface area contributed by atoms with Gasteiger partial charge in [0.15, 0.2) is 0 Å². The molecule has 1 rings (SSSR count). The van der Waals surface area contributed by atoms with Crippen molar-refractivity contribution in [1.29, 1.82) is 0 Å². The van der Waals surface area contributed by atoms with Crippen molar-refractivity contribution in [2.75, 3.05) is 7.11 Å². The van der Waals surface area contributed by atoms with Gasteiger partial charge in [-0.2, -0.15) is 0 Å². The molecule has 0 saturated carbocycles. The van der Waals surface area contributed by atoms with Gasteiger partial charge >= 0.3 is 0 Å². The summed E-state index contributed by atoms with van der Waals surface area (Å²) in [5.74, 6) is 0.813. The van der Waals surface area contributed by atoms with Gasteiger partial charge in [-0.1, -0.05) is 23.8 Å². The molecule has 2 nitrogen and oxygen atoms in total. The zero-order valence-electron chi connectivity index (χ0n) is 9.53. The number of aliphatic hydroxyl groups excluding tert-OH is 1. The topological polar surface area (TPSA) is 29.5 Å². The van der Waals surface area contributed by atoms with Gasteiger partial charge in [-0.3, -0.25) is 0 Å². The monoisotopic (exact) mass is 206 g/mol. The van der Waals surface area contributed by atoms with Gasteiger partial charge in [0, 0.05) is 0 Å². The van der Waals surface area contributed by atoms with Gasteiger partial charge in [0.25, 0.3) is 0 Å². The van der Waals surface area contributed by atoms with Crippen molar-refractivity contribution < 1.29 is 9.84 Å². The van der Waals surface area contributed by atoms with Crippen molar-refractivity contribution in [3.63, 3.8) is 0 Å².